The molecule has 8 heteroatoms. The molecule has 0 aliphatic carbocycles. The number of hydrogen-bond acceptors (Lipinski definition) is 6. The SMILES string of the molecule is CC(C)NN(C[C@@H](O)[C@H](Cc1ccccc1)NC(=O)OCc1ccccc1)C(=O)OC(C)(C)C. The summed E-state index contributed by atoms with van der Waals surface area (Å²) in [5, 5.41) is 15.1. The Hall–Kier alpha value is -3.10. The van der Waals surface area contributed by atoms with Gasteiger partial charge in [0, 0.05) is 6.04 Å². The molecule has 0 aliphatic rings. The quantitative estimate of drug-likeness (QED) is 0.452. The molecule has 0 saturated carbocycles. The van der Waals surface area contributed by atoms with Gasteiger partial charge in [0.2, 0.25) is 0 Å². The van der Waals surface area contributed by atoms with Crippen LogP contribution in [0.15, 0.2) is 60.7 Å². The standard InChI is InChI=1S/C26H37N3O5/c1-19(2)28-29(25(32)34-26(3,4)5)17-23(30)22(16-20-12-8-6-9-13-20)27-24(31)33-18-21-14-10-7-11-15-21/h6-15,19,22-23,28,30H,16-18H2,1-5H3,(H,27,31)/t22-,23+/m0/s1. The van der Waals surface area contributed by atoms with Gasteiger partial charge in [0.15, 0.2) is 0 Å². The van der Waals surface area contributed by atoms with Gasteiger partial charge in [0.1, 0.15) is 12.2 Å². The summed E-state index contributed by atoms with van der Waals surface area (Å²) in [4.78, 5) is 25.3. The number of rotatable bonds is 10. The van der Waals surface area contributed by atoms with Crippen molar-refractivity contribution in [2.24, 2.45) is 0 Å². The van der Waals surface area contributed by atoms with Crippen LogP contribution in [-0.4, -0.2) is 52.6 Å². The number of carbonyl (C=O) groups excluding carboxylic acids is 2. The van der Waals surface area contributed by atoms with Gasteiger partial charge in [-0.3, -0.25) is 0 Å². The van der Waals surface area contributed by atoms with E-state index in [1.54, 1.807) is 20.8 Å². The molecule has 186 valence electrons. The van der Waals surface area contributed by atoms with Crippen molar-refractivity contribution in [2.45, 2.75) is 71.4 Å². The van der Waals surface area contributed by atoms with Gasteiger partial charge in [-0.15, -0.1) is 0 Å². The average molecular weight is 472 g/mol. The summed E-state index contributed by atoms with van der Waals surface area (Å²) in [5.41, 5.74) is 4.10. The zero-order chi connectivity index (χ0) is 25.1. The number of nitrogens with one attached hydrogen (secondary N) is 2. The zero-order valence-corrected chi connectivity index (χ0v) is 20.7. The van der Waals surface area contributed by atoms with Crippen molar-refractivity contribution in [3.05, 3.63) is 71.8 Å². The molecule has 0 bridgehead atoms. The van der Waals surface area contributed by atoms with E-state index in [1.165, 1.54) is 5.01 Å². The van der Waals surface area contributed by atoms with Crippen molar-refractivity contribution in [1.29, 1.82) is 0 Å². The van der Waals surface area contributed by atoms with E-state index in [-0.39, 0.29) is 19.2 Å². The minimum atomic E-state index is -1.09. The van der Waals surface area contributed by atoms with E-state index in [9.17, 15) is 14.7 Å². The summed E-state index contributed by atoms with van der Waals surface area (Å²) in [7, 11) is 0. The molecule has 8 nitrogen and oxygen atoms in total. The first-order valence-electron chi connectivity index (χ1n) is 11.5. The Morgan fingerprint density at radius 1 is 0.971 bits per heavy atom. The van der Waals surface area contributed by atoms with Crippen molar-refractivity contribution in [2.75, 3.05) is 6.54 Å². The highest BCUT2D eigenvalue weighted by molar-refractivity contribution is 5.68. The van der Waals surface area contributed by atoms with Crippen LogP contribution in [0.5, 0.6) is 0 Å². The summed E-state index contributed by atoms with van der Waals surface area (Å²) < 4.78 is 10.8. The Balaban J connectivity index is 2.11. The van der Waals surface area contributed by atoms with Crippen LogP contribution in [-0.2, 0) is 22.5 Å². The molecular formula is C26H37N3O5. The Morgan fingerprint density at radius 2 is 1.53 bits per heavy atom. The third-order valence-electron chi connectivity index (χ3n) is 4.68. The lowest BCUT2D eigenvalue weighted by Gasteiger charge is -2.32. The predicted molar refractivity (Wildman–Crippen MR) is 131 cm³/mol. The van der Waals surface area contributed by atoms with Crippen molar-refractivity contribution < 1.29 is 24.2 Å². The topological polar surface area (TPSA) is 100 Å². The second kappa shape index (κ2) is 13.0. The molecule has 0 aliphatic heterocycles. The highest BCUT2D eigenvalue weighted by Gasteiger charge is 2.29. The molecular weight excluding hydrogens is 434 g/mol. The Morgan fingerprint density at radius 3 is 2.06 bits per heavy atom. The Labute approximate surface area is 202 Å². The van der Waals surface area contributed by atoms with E-state index >= 15 is 0 Å². The van der Waals surface area contributed by atoms with Crippen LogP contribution in [0.2, 0.25) is 0 Å². The van der Waals surface area contributed by atoms with Gasteiger partial charge in [-0.25, -0.2) is 20.0 Å². The molecule has 3 N–H and O–H groups in total. The molecule has 2 rings (SSSR count). The summed E-state index contributed by atoms with van der Waals surface area (Å²) in [6, 6.07) is 18.1. The molecule has 0 unspecified atom stereocenters. The van der Waals surface area contributed by atoms with Gasteiger partial charge in [-0.2, -0.15) is 0 Å². The average Bonchev–Trinajstić information content (AvgIpc) is 2.76. The van der Waals surface area contributed by atoms with E-state index in [0.717, 1.165) is 11.1 Å². The second-order valence-corrected chi connectivity index (χ2v) is 9.44. The molecule has 0 radical (unpaired) electrons. The van der Waals surface area contributed by atoms with Crippen LogP contribution >= 0.6 is 0 Å². The first kappa shape index (κ1) is 27.1. The number of nitrogens with zero attached hydrogens (tertiary/aromatic N) is 1. The maximum atomic E-state index is 12.7. The molecule has 0 saturated heterocycles. The van der Waals surface area contributed by atoms with Crippen LogP contribution in [0.3, 0.4) is 0 Å². The lowest BCUT2D eigenvalue weighted by atomic mass is 10.0. The maximum Gasteiger partial charge on any atom is 0.424 e. The minimum Gasteiger partial charge on any atom is -0.445 e. The number of aliphatic hydroxyl groups excluding tert-OH is 1. The van der Waals surface area contributed by atoms with Crippen LogP contribution in [0.4, 0.5) is 9.59 Å². The fourth-order valence-electron chi connectivity index (χ4n) is 3.19. The molecule has 0 aromatic heterocycles. The van der Waals surface area contributed by atoms with Crippen LogP contribution in [0, 0.1) is 0 Å². The summed E-state index contributed by atoms with van der Waals surface area (Å²) in [6.45, 7) is 9.10. The van der Waals surface area contributed by atoms with Crippen LogP contribution in [0.25, 0.3) is 0 Å². The fraction of sp³-hybridized carbons (Fsp3) is 0.462. The summed E-state index contributed by atoms with van der Waals surface area (Å²) in [6.07, 6.45) is -2.00. The van der Waals surface area contributed by atoms with Crippen molar-refractivity contribution >= 4 is 12.2 Å². The smallest absolute Gasteiger partial charge is 0.424 e. The van der Waals surface area contributed by atoms with Gasteiger partial charge in [0.05, 0.1) is 18.7 Å². The number of benzene rings is 2. The molecule has 2 aromatic carbocycles. The lowest BCUT2D eigenvalue weighted by molar-refractivity contribution is -0.00683. The first-order chi connectivity index (χ1) is 16.0. The third-order valence-corrected chi connectivity index (χ3v) is 4.68. The zero-order valence-electron chi connectivity index (χ0n) is 20.7. The summed E-state index contributed by atoms with van der Waals surface area (Å²) in [5.74, 6) is 0. The van der Waals surface area contributed by atoms with Crippen LogP contribution in [0.1, 0.15) is 45.7 Å². The molecule has 34 heavy (non-hydrogen) atoms. The monoisotopic (exact) mass is 471 g/mol. The van der Waals surface area contributed by atoms with Gasteiger partial charge in [-0.1, -0.05) is 60.7 Å². The second-order valence-electron chi connectivity index (χ2n) is 9.44. The van der Waals surface area contributed by atoms with E-state index < -0.39 is 29.9 Å². The maximum absolute atomic E-state index is 12.7. The Kier molecular flexibility index (Phi) is 10.3. The van der Waals surface area contributed by atoms with Gasteiger partial charge in [-0.05, 0) is 52.2 Å². The molecule has 0 heterocycles. The highest BCUT2D eigenvalue weighted by Crippen LogP contribution is 2.12. The number of ether oxygens (including phenoxy) is 2. The number of amides is 2. The van der Waals surface area contributed by atoms with E-state index in [1.807, 2.05) is 74.5 Å². The van der Waals surface area contributed by atoms with Gasteiger partial charge >= 0.3 is 12.2 Å². The predicted octanol–water partition coefficient (Wildman–Crippen LogP) is 4.04. The molecule has 0 spiro atoms. The van der Waals surface area contributed by atoms with E-state index in [0.29, 0.717) is 6.42 Å². The summed E-state index contributed by atoms with van der Waals surface area (Å²) >= 11 is 0. The third kappa shape index (κ3) is 10.2. The molecule has 0 fully saturated rings. The fourth-order valence-corrected chi connectivity index (χ4v) is 3.19. The number of hydrogen-bond donors (Lipinski definition) is 3. The molecule has 2 amide bonds. The largest absolute Gasteiger partial charge is 0.445 e. The number of alkyl carbamates (subject to hydrolysis) is 1. The van der Waals surface area contributed by atoms with Crippen molar-refractivity contribution in [3.8, 4) is 0 Å². The number of aliphatic hydroxyl groups is 1. The van der Waals surface area contributed by atoms with Crippen molar-refractivity contribution in [1.82, 2.24) is 15.8 Å². The lowest BCUT2D eigenvalue weighted by Crippen LogP contribution is -2.56. The highest BCUT2D eigenvalue weighted by atomic mass is 16.6. The number of carbonyl (C=O) groups is 2. The first-order valence-corrected chi connectivity index (χ1v) is 11.5. The van der Waals surface area contributed by atoms with E-state index in [2.05, 4.69) is 10.7 Å². The van der Waals surface area contributed by atoms with Gasteiger partial charge < -0.3 is 19.9 Å². The Bertz CT molecular complexity index is 884. The normalized spacial score (nSPS) is 13.1. The minimum absolute atomic E-state index is 0.0731. The number of hydrazine groups is 1. The molecule has 2 aromatic rings. The van der Waals surface area contributed by atoms with E-state index in [4.69, 9.17) is 9.47 Å². The van der Waals surface area contributed by atoms with Gasteiger partial charge in [0.25, 0.3) is 0 Å². The van der Waals surface area contributed by atoms with Crippen LogP contribution < -0.4 is 10.7 Å². The molecule has 2 atom stereocenters. The van der Waals surface area contributed by atoms with Crippen molar-refractivity contribution in [3.63, 3.8) is 0 Å².